The van der Waals surface area contributed by atoms with Crippen molar-refractivity contribution in [3.05, 3.63) is 76.2 Å². The molecule has 0 unspecified atom stereocenters. The quantitative estimate of drug-likeness (QED) is 0.236. The molecule has 8 rings (SSSR count). The van der Waals surface area contributed by atoms with E-state index in [2.05, 4.69) is 10.3 Å². The van der Waals surface area contributed by atoms with E-state index in [1.54, 1.807) is 19.1 Å². The topological polar surface area (TPSA) is 179 Å². The summed E-state index contributed by atoms with van der Waals surface area (Å²) in [5.41, 5.74) is -1.58. The fourth-order valence-electron chi connectivity index (χ4n) is 9.43. The average molecular weight is 709 g/mol. The molecule has 13 heteroatoms. The van der Waals surface area contributed by atoms with E-state index in [-0.39, 0.29) is 46.5 Å². The zero-order valence-corrected chi connectivity index (χ0v) is 28.6. The van der Waals surface area contributed by atoms with Gasteiger partial charge in [-0.05, 0) is 74.3 Å². The molecule has 0 amide bonds. The van der Waals surface area contributed by atoms with Crippen LogP contribution >= 0.6 is 21.6 Å². The molecule has 4 aliphatic carbocycles. The first kappa shape index (κ1) is 33.2. The second kappa shape index (κ2) is 12.1. The lowest BCUT2D eigenvalue weighted by molar-refractivity contribution is -0.319. The van der Waals surface area contributed by atoms with Gasteiger partial charge in [-0.3, -0.25) is 9.59 Å². The summed E-state index contributed by atoms with van der Waals surface area (Å²) in [4.78, 5) is 33.6. The highest BCUT2D eigenvalue weighted by Crippen LogP contribution is 2.58. The Hall–Kier alpha value is -2.91. The molecule has 9 atom stereocenters. The highest BCUT2D eigenvalue weighted by Gasteiger charge is 2.62. The van der Waals surface area contributed by atoms with Gasteiger partial charge in [0.15, 0.2) is 11.6 Å². The normalized spacial score (nSPS) is 38.5. The first-order chi connectivity index (χ1) is 23.5. The van der Waals surface area contributed by atoms with Crippen molar-refractivity contribution in [2.24, 2.45) is 17.3 Å². The zero-order chi connectivity index (χ0) is 34.3. The Bertz CT molecular complexity index is 1780. The monoisotopic (exact) mass is 708 g/mol. The number of benzene rings is 1. The molecule has 1 aromatic carbocycles. The maximum atomic E-state index is 14.7. The average Bonchev–Trinajstić information content (AvgIpc) is 3.51. The lowest BCUT2D eigenvalue weighted by Gasteiger charge is -2.53. The second-order valence-corrected chi connectivity index (χ2v) is 16.8. The minimum atomic E-state index is -2.18. The molecule has 49 heavy (non-hydrogen) atoms. The van der Waals surface area contributed by atoms with Crippen LogP contribution in [0.2, 0.25) is 0 Å². The van der Waals surface area contributed by atoms with Crippen LogP contribution in [0.25, 0.3) is 0 Å². The van der Waals surface area contributed by atoms with Gasteiger partial charge in [0.25, 0.3) is 0 Å². The standard InChI is InChI=1S/C36H40N2O9S2/c1-18-10-23-29(41)21-5-2-6-24-28(21)31(43)35(23,26(40)11-18)16-48-49-17-38-27-12-22-19(13-37-27)7-8-20-4-3-9-34(20,22)15-36(45)30(42)25(14-39)47-33(46-24)32(36)44/h2,5-6,10-13,20,23,25,30,32-33,39-40,42,44-45H,3-4,7-9,14-17H2,1H3,(H,37,38)/t20-,23-,25-,30-,32+,33-,34-,35+,36+/m1/s1. The molecule has 6 bridgehead atoms. The molecule has 2 spiro atoms. The molecule has 2 aliphatic heterocycles. The number of aliphatic hydroxyl groups excluding tert-OH is 4. The van der Waals surface area contributed by atoms with Crippen LogP contribution in [0.1, 0.15) is 70.9 Å². The molecule has 2 fully saturated rings. The maximum Gasteiger partial charge on any atom is 0.229 e. The Morgan fingerprint density at radius 2 is 1.98 bits per heavy atom. The van der Waals surface area contributed by atoms with Gasteiger partial charge in [0.05, 0.1) is 24.0 Å². The molecular weight excluding hydrogens is 669 g/mol. The number of hydrogen-bond donors (Lipinski definition) is 6. The van der Waals surface area contributed by atoms with Gasteiger partial charge in [0.2, 0.25) is 6.29 Å². The molecular formula is C36H40N2O9S2. The van der Waals surface area contributed by atoms with Crippen molar-refractivity contribution in [2.75, 3.05) is 23.6 Å². The highest BCUT2D eigenvalue weighted by atomic mass is 33.1. The number of ether oxygens (including phenoxy) is 2. The fraction of sp³-hybridized carbons (Fsp3) is 0.528. The molecule has 2 aromatic rings. The lowest BCUT2D eigenvalue weighted by atomic mass is 9.59. The number of anilines is 1. The predicted molar refractivity (Wildman–Crippen MR) is 184 cm³/mol. The van der Waals surface area contributed by atoms with E-state index in [0.29, 0.717) is 17.3 Å². The summed E-state index contributed by atoms with van der Waals surface area (Å²) in [7, 11) is 2.81. The van der Waals surface area contributed by atoms with Crippen molar-refractivity contribution in [1.29, 1.82) is 0 Å². The number of fused-ring (bicyclic) bond motifs is 3. The van der Waals surface area contributed by atoms with Crippen LogP contribution in [-0.2, 0) is 16.6 Å². The lowest BCUT2D eigenvalue weighted by Crippen LogP contribution is -2.70. The third kappa shape index (κ3) is 4.87. The Morgan fingerprint density at radius 1 is 1.14 bits per heavy atom. The number of allylic oxidation sites excluding steroid dienone is 4. The summed E-state index contributed by atoms with van der Waals surface area (Å²) < 4.78 is 12.2. The van der Waals surface area contributed by atoms with Crippen molar-refractivity contribution < 1.29 is 44.6 Å². The van der Waals surface area contributed by atoms with Gasteiger partial charge >= 0.3 is 0 Å². The number of nitrogens with one attached hydrogen (secondary N) is 1. The number of aryl methyl sites for hydroxylation is 1. The number of ketones is 2. The summed E-state index contributed by atoms with van der Waals surface area (Å²) >= 11 is 0. The Labute approximate surface area is 291 Å². The van der Waals surface area contributed by atoms with Crippen LogP contribution in [-0.4, -0.2) is 90.5 Å². The van der Waals surface area contributed by atoms with Crippen LogP contribution in [0, 0.1) is 17.3 Å². The molecule has 3 heterocycles. The van der Waals surface area contributed by atoms with Crippen molar-refractivity contribution in [1.82, 2.24) is 4.98 Å². The van der Waals surface area contributed by atoms with Gasteiger partial charge in [0.1, 0.15) is 46.7 Å². The minimum absolute atomic E-state index is 0.0206. The molecule has 1 saturated carbocycles. The summed E-state index contributed by atoms with van der Waals surface area (Å²) in [5, 5.41) is 61.3. The molecule has 11 nitrogen and oxygen atoms in total. The van der Waals surface area contributed by atoms with Crippen molar-refractivity contribution in [3.63, 3.8) is 0 Å². The van der Waals surface area contributed by atoms with Crippen LogP contribution in [0.5, 0.6) is 5.75 Å². The van der Waals surface area contributed by atoms with Crippen LogP contribution in [0.15, 0.2) is 53.9 Å². The van der Waals surface area contributed by atoms with Crippen LogP contribution in [0.3, 0.4) is 0 Å². The molecule has 0 radical (unpaired) electrons. The maximum absolute atomic E-state index is 14.7. The largest absolute Gasteiger partial charge is 0.511 e. The van der Waals surface area contributed by atoms with Crippen molar-refractivity contribution >= 4 is 39.0 Å². The van der Waals surface area contributed by atoms with Gasteiger partial charge in [-0.25, -0.2) is 4.98 Å². The molecule has 1 saturated heterocycles. The van der Waals surface area contributed by atoms with E-state index in [9.17, 15) is 35.1 Å². The third-order valence-electron chi connectivity index (χ3n) is 11.9. The third-order valence-corrected chi connectivity index (χ3v) is 14.1. The number of hydrogen-bond acceptors (Lipinski definition) is 13. The molecule has 1 aromatic heterocycles. The number of aromatic nitrogens is 1. The number of nitrogens with zero attached hydrogens (tertiary/aromatic N) is 1. The van der Waals surface area contributed by atoms with Gasteiger partial charge in [0, 0.05) is 22.9 Å². The van der Waals surface area contributed by atoms with Gasteiger partial charge in [-0.1, -0.05) is 51.8 Å². The minimum Gasteiger partial charge on any atom is -0.511 e. The second-order valence-electron chi connectivity index (χ2n) is 14.4. The van der Waals surface area contributed by atoms with E-state index in [1.165, 1.54) is 39.8 Å². The summed E-state index contributed by atoms with van der Waals surface area (Å²) in [5.74, 6) is -0.793. The number of carbonyl (C=O) groups excluding carboxylic acids is 2. The van der Waals surface area contributed by atoms with Crippen molar-refractivity contribution in [2.45, 2.75) is 81.1 Å². The van der Waals surface area contributed by atoms with Gasteiger partial charge in [-0.15, -0.1) is 0 Å². The summed E-state index contributed by atoms with van der Waals surface area (Å²) in [6.45, 7) is 1.09. The number of rotatable bonds is 1. The highest BCUT2D eigenvalue weighted by molar-refractivity contribution is 8.76. The van der Waals surface area contributed by atoms with Crippen LogP contribution < -0.4 is 10.1 Å². The molecule has 6 aliphatic rings. The van der Waals surface area contributed by atoms with Crippen molar-refractivity contribution in [3.8, 4) is 5.75 Å². The summed E-state index contributed by atoms with van der Waals surface area (Å²) in [6, 6.07) is 6.60. The number of aliphatic hydroxyl groups is 5. The van der Waals surface area contributed by atoms with E-state index in [0.717, 1.165) is 43.2 Å². The number of carbonyl (C=O) groups is 2. The van der Waals surface area contributed by atoms with Gasteiger partial charge < -0.3 is 40.3 Å². The summed E-state index contributed by atoms with van der Waals surface area (Å²) in [6.07, 6.45) is 2.93. The van der Waals surface area contributed by atoms with E-state index in [4.69, 9.17) is 9.47 Å². The zero-order valence-electron chi connectivity index (χ0n) is 27.0. The van der Waals surface area contributed by atoms with E-state index in [1.807, 2.05) is 12.3 Å². The first-order valence-electron chi connectivity index (χ1n) is 16.8. The van der Waals surface area contributed by atoms with E-state index < -0.39 is 59.3 Å². The molecule has 6 N–H and O–H groups in total. The fourth-order valence-corrected chi connectivity index (χ4v) is 11.7. The molecule has 260 valence electrons. The van der Waals surface area contributed by atoms with E-state index >= 15 is 0 Å². The number of Topliss-reactive ketones (excluding diaryl/α,β-unsaturated/α-hetero) is 2. The van der Waals surface area contributed by atoms with Gasteiger partial charge in [-0.2, -0.15) is 0 Å². The Balaban J connectivity index is 1.28. The number of pyridine rings is 1. The smallest absolute Gasteiger partial charge is 0.229 e. The SMILES string of the molecule is CC1=C[C@@H]2C(=O)c3cccc4c3C(=O)[C@]2(CSSCNc2cc3c(cn2)CC[C@H]2CCC[C@]32C[C@]2(O)[C@H](O)[C@@H](CO)O[C@@H](O4)[C@@H]2O)C(O)=C1. The Morgan fingerprint density at radius 3 is 2.80 bits per heavy atom. The Kier molecular flexibility index (Phi) is 8.21. The van der Waals surface area contributed by atoms with Crippen LogP contribution in [0.4, 0.5) is 5.82 Å². The first-order valence-corrected chi connectivity index (χ1v) is 19.3. The predicted octanol–water partition coefficient (Wildman–Crippen LogP) is 3.85.